The number of likely N-dealkylation sites (N-methyl/N-ethyl adjacent to an activating group) is 1. The number of amides is 1. The van der Waals surface area contributed by atoms with Gasteiger partial charge in [-0.1, -0.05) is 31.2 Å². The quantitative estimate of drug-likeness (QED) is 0.492. The number of rotatable bonds is 9. The fraction of sp³-hybridized carbons (Fsp3) is 0.579. The maximum atomic E-state index is 12.1. The molecule has 6 nitrogen and oxygen atoms in total. The molecule has 0 radical (unpaired) electrons. The Kier molecular flexibility index (Phi) is 9.78. The van der Waals surface area contributed by atoms with Crippen molar-refractivity contribution in [2.75, 3.05) is 27.2 Å². The zero-order chi connectivity index (χ0) is 21.2. The number of ether oxygens (including phenoxy) is 1. The number of hydrogen-bond donors (Lipinski definition) is 2. The molecule has 2 N–H and O–H groups in total. The molecule has 0 saturated heterocycles. The average molecular weight is 402 g/mol. The van der Waals surface area contributed by atoms with Crippen molar-refractivity contribution in [2.45, 2.75) is 45.6 Å². The summed E-state index contributed by atoms with van der Waals surface area (Å²) in [4.78, 5) is 17.7. The molecule has 9 heteroatoms. The molecular formula is C19H29F3N4O2. The predicted molar refractivity (Wildman–Crippen MR) is 103 cm³/mol. The van der Waals surface area contributed by atoms with Crippen LogP contribution in [-0.4, -0.2) is 56.2 Å². The molecule has 1 aromatic rings. The molecule has 0 spiro atoms. The van der Waals surface area contributed by atoms with E-state index in [1.165, 1.54) is 4.90 Å². The van der Waals surface area contributed by atoms with Crippen molar-refractivity contribution >= 4 is 11.9 Å². The van der Waals surface area contributed by atoms with Crippen molar-refractivity contribution in [3.63, 3.8) is 0 Å². The fourth-order valence-electron chi connectivity index (χ4n) is 2.00. The van der Waals surface area contributed by atoms with E-state index in [9.17, 15) is 18.0 Å². The third kappa shape index (κ3) is 10.1. The van der Waals surface area contributed by atoms with Gasteiger partial charge in [-0.25, -0.2) is 4.99 Å². The lowest BCUT2D eigenvalue weighted by atomic mass is 10.1. The van der Waals surface area contributed by atoms with E-state index in [-0.39, 0.29) is 25.1 Å². The Morgan fingerprint density at radius 1 is 1.21 bits per heavy atom. The molecule has 0 fully saturated rings. The van der Waals surface area contributed by atoms with Crippen LogP contribution in [0, 0.1) is 0 Å². The summed E-state index contributed by atoms with van der Waals surface area (Å²) < 4.78 is 40.9. The molecule has 0 heterocycles. The second-order valence-electron chi connectivity index (χ2n) is 6.68. The average Bonchev–Trinajstić information content (AvgIpc) is 2.63. The van der Waals surface area contributed by atoms with Crippen LogP contribution in [-0.2, 0) is 22.7 Å². The largest absolute Gasteiger partial charge is 0.411 e. The first-order chi connectivity index (χ1) is 13.1. The number of nitrogens with zero attached hydrogens (tertiary/aromatic N) is 2. The summed E-state index contributed by atoms with van der Waals surface area (Å²) in [7, 11) is 3.37. The number of nitrogens with one attached hydrogen (secondary N) is 2. The minimum absolute atomic E-state index is 0.0677. The molecule has 0 aromatic heterocycles. The Balaban J connectivity index is 2.64. The Bertz CT molecular complexity index is 631. The highest BCUT2D eigenvalue weighted by molar-refractivity contribution is 5.86. The molecule has 1 atom stereocenters. The van der Waals surface area contributed by atoms with Crippen molar-refractivity contribution in [3.8, 4) is 0 Å². The fourth-order valence-corrected chi connectivity index (χ4v) is 2.00. The van der Waals surface area contributed by atoms with E-state index < -0.39 is 12.8 Å². The van der Waals surface area contributed by atoms with Crippen LogP contribution in [0.4, 0.5) is 13.2 Å². The molecule has 1 aromatic carbocycles. The Morgan fingerprint density at radius 2 is 1.82 bits per heavy atom. The van der Waals surface area contributed by atoms with Crippen molar-refractivity contribution in [3.05, 3.63) is 35.4 Å². The highest BCUT2D eigenvalue weighted by Crippen LogP contribution is 2.16. The van der Waals surface area contributed by atoms with Gasteiger partial charge in [-0.05, 0) is 24.5 Å². The summed E-state index contributed by atoms with van der Waals surface area (Å²) in [6.45, 7) is 3.19. The van der Waals surface area contributed by atoms with Crippen molar-refractivity contribution in [1.82, 2.24) is 15.5 Å². The monoisotopic (exact) mass is 402 g/mol. The van der Waals surface area contributed by atoms with Gasteiger partial charge in [-0.15, -0.1) is 0 Å². The maximum Gasteiger partial charge on any atom is 0.411 e. The van der Waals surface area contributed by atoms with Crippen LogP contribution in [0.5, 0.6) is 0 Å². The first-order valence-corrected chi connectivity index (χ1v) is 9.08. The molecule has 0 bridgehead atoms. The van der Waals surface area contributed by atoms with E-state index in [1.807, 2.05) is 13.8 Å². The molecule has 0 aliphatic rings. The SMILES string of the molecule is CCC(C)NC(=NCc1ccc(COCC(F)(F)F)cc1)NCC(=O)N(C)C. The number of guanidine groups is 1. The maximum absolute atomic E-state index is 12.1. The van der Waals surface area contributed by atoms with E-state index in [0.29, 0.717) is 18.1 Å². The van der Waals surface area contributed by atoms with Crippen LogP contribution < -0.4 is 10.6 Å². The van der Waals surface area contributed by atoms with Gasteiger partial charge >= 0.3 is 6.18 Å². The zero-order valence-corrected chi connectivity index (χ0v) is 16.8. The molecule has 1 amide bonds. The highest BCUT2D eigenvalue weighted by atomic mass is 19.4. The van der Waals surface area contributed by atoms with E-state index in [0.717, 1.165) is 12.0 Å². The minimum atomic E-state index is -4.32. The molecule has 1 rings (SSSR count). The summed E-state index contributed by atoms with van der Waals surface area (Å²) in [5.74, 6) is 0.462. The molecule has 28 heavy (non-hydrogen) atoms. The molecule has 1 unspecified atom stereocenters. The van der Waals surface area contributed by atoms with Gasteiger partial charge in [0, 0.05) is 20.1 Å². The second kappa shape index (κ2) is 11.5. The van der Waals surface area contributed by atoms with Crippen LogP contribution >= 0.6 is 0 Å². The highest BCUT2D eigenvalue weighted by Gasteiger charge is 2.27. The van der Waals surface area contributed by atoms with Gasteiger partial charge in [0.1, 0.15) is 6.61 Å². The summed E-state index contributed by atoms with van der Waals surface area (Å²) in [6.07, 6.45) is -3.43. The van der Waals surface area contributed by atoms with E-state index in [2.05, 4.69) is 20.4 Å². The van der Waals surface area contributed by atoms with Gasteiger partial charge in [0.05, 0.1) is 19.7 Å². The topological polar surface area (TPSA) is 66.0 Å². The smallest absolute Gasteiger partial charge is 0.367 e. The predicted octanol–water partition coefficient (Wildman–Crippen LogP) is 2.69. The first-order valence-electron chi connectivity index (χ1n) is 9.08. The minimum Gasteiger partial charge on any atom is -0.367 e. The lowest BCUT2D eigenvalue weighted by Gasteiger charge is -2.18. The lowest BCUT2D eigenvalue weighted by molar-refractivity contribution is -0.176. The zero-order valence-electron chi connectivity index (χ0n) is 16.8. The standard InChI is InChI=1S/C19H29F3N4O2/c1-5-14(2)25-18(24-11-17(27)26(3)4)23-10-15-6-8-16(9-7-15)12-28-13-19(20,21)22/h6-9,14H,5,10-13H2,1-4H3,(H2,23,24,25). The third-order valence-electron chi connectivity index (χ3n) is 3.88. The molecule has 0 saturated carbocycles. The van der Waals surface area contributed by atoms with Gasteiger partial charge in [0.2, 0.25) is 5.91 Å². The number of benzene rings is 1. The van der Waals surface area contributed by atoms with E-state index in [4.69, 9.17) is 0 Å². The van der Waals surface area contributed by atoms with E-state index in [1.54, 1.807) is 38.4 Å². The second-order valence-corrected chi connectivity index (χ2v) is 6.68. The van der Waals surface area contributed by atoms with Gasteiger partial charge in [-0.2, -0.15) is 13.2 Å². The summed E-state index contributed by atoms with van der Waals surface area (Å²) in [5, 5.41) is 6.24. The van der Waals surface area contributed by atoms with Crippen molar-refractivity contribution in [1.29, 1.82) is 0 Å². The lowest BCUT2D eigenvalue weighted by Crippen LogP contribution is -2.45. The number of carbonyl (C=O) groups excluding carboxylic acids is 1. The van der Waals surface area contributed by atoms with Crippen LogP contribution in [0.3, 0.4) is 0 Å². The van der Waals surface area contributed by atoms with Crippen LogP contribution in [0.15, 0.2) is 29.3 Å². The number of aliphatic imine (C=N–C) groups is 1. The molecule has 0 aliphatic heterocycles. The van der Waals surface area contributed by atoms with Gasteiger partial charge in [0.15, 0.2) is 5.96 Å². The number of hydrogen-bond acceptors (Lipinski definition) is 3. The van der Waals surface area contributed by atoms with Crippen LogP contribution in [0.25, 0.3) is 0 Å². The Hall–Kier alpha value is -2.29. The normalized spacial score (nSPS) is 13.2. The number of carbonyl (C=O) groups is 1. The molecule has 158 valence electrons. The van der Waals surface area contributed by atoms with Gasteiger partial charge < -0.3 is 20.3 Å². The summed E-state index contributed by atoms with van der Waals surface area (Å²) in [6, 6.07) is 7.20. The number of halogens is 3. The van der Waals surface area contributed by atoms with Crippen LogP contribution in [0.2, 0.25) is 0 Å². The van der Waals surface area contributed by atoms with Crippen LogP contribution in [0.1, 0.15) is 31.4 Å². The van der Waals surface area contributed by atoms with Gasteiger partial charge in [0.25, 0.3) is 0 Å². The Labute approximate surface area is 164 Å². The first kappa shape index (κ1) is 23.7. The third-order valence-corrected chi connectivity index (χ3v) is 3.88. The van der Waals surface area contributed by atoms with Crippen molar-refractivity contribution < 1.29 is 22.7 Å². The van der Waals surface area contributed by atoms with E-state index >= 15 is 0 Å². The van der Waals surface area contributed by atoms with Gasteiger partial charge in [-0.3, -0.25) is 4.79 Å². The Morgan fingerprint density at radius 3 is 2.36 bits per heavy atom. The number of alkyl halides is 3. The molecule has 0 aliphatic carbocycles. The summed E-state index contributed by atoms with van der Waals surface area (Å²) >= 11 is 0. The molecular weight excluding hydrogens is 373 g/mol. The summed E-state index contributed by atoms with van der Waals surface area (Å²) in [5.41, 5.74) is 1.55. The van der Waals surface area contributed by atoms with Crippen molar-refractivity contribution in [2.24, 2.45) is 4.99 Å².